The molecule has 158 valence electrons. The lowest BCUT2D eigenvalue weighted by atomic mass is 10.2. The molecule has 0 spiro atoms. The van der Waals surface area contributed by atoms with Crippen LogP contribution >= 0.6 is 23.8 Å². The Morgan fingerprint density at radius 2 is 1.93 bits per heavy atom. The molecule has 0 aliphatic carbocycles. The predicted molar refractivity (Wildman–Crippen MR) is 120 cm³/mol. The van der Waals surface area contributed by atoms with Crippen molar-refractivity contribution in [1.29, 1.82) is 0 Å². The van der Waals surface area contributed by atoms with Crippen molar-refractivity contribution in [2.45, 2.75) is 33.9 Å². The molecule has 0 amide bonds. The number of thiocarbonyl (C=S) groups is 1. The molecule has 30 heavy (non-hydrogen) atoms. The Morgan fingerprint density at radius 3 is 2.63 bits per heavy atom. The Hall–Kier alpha value is -2.71. The summed E-state index contributed by atoms with van der Waals surface area (Å²) >= 11 is 11.4. The molecule has 0 bridgehead atoms. The highest BCUT2D eigenvalue weighted by Crippen LogP contribution is 2.28. The first-order valence-corrected chi connectivity index (χ1v) is 9.93. The standard InChI is InChI=1S/C21H21ClF2N4OS/c1-12-7-8-17(18(9-12)29-20(23)24)25-21(30)26-19-13(2)27-28(14(19)3)11-15-5-4-6-16(22)10-15/h4-10,20H,11H2,1-3H3,(H2,25,26,30). The summed E-state index contributed by atoms with van der Waals surface area (Å²) in [4.78, 5) is 0. The molecule has 9 heteroatoms. The zero-order valence-electron chi connectivity index (χ0n) is 16.7. The van der Waals surface area contributed by atoms with E-state index >= 15 is 0 Å². The predicted octanol–water partition coefficient (Wildman–Crippen LogP) is 5.92. The van der Waals surface area contributed by atoms with Crippen molar-refractivity contribution < 1.29 is 13.5 Å². The third kappa shape index (κ3) is 5.46. The molecule has 2 N–H and O–H groups in total. The number of halogens is 3. The number of ether oxygens (including phenoxy) is 1. The van der Waals surface area contributed by atoms with Crippen LogP contribution < -0.4 is 15.4 Å². The van der Waals surface area contributed by atoms with Gasteiger partial charge in [0.05, 0.1) is 29.3 Å². The van der Waals surface area contributed by atoms with Crippen LogP contribution in [0.5, 0.6) is 5.75 Å². The van der Waals surface area contributed by atoms with Crippen molar-refractivity contribution >= 4 is 40.3 Å². The highest BCUT2D eigenvalue weighted by atomic mass is 35.5. The summed E-state index contributed by atoms with van der Waals surface area (Å²) < 4.78 is 31.9. The van der Waals surface area contributed by atoms with E-state index in [1.807, 2.05) is 42.8 Å². The summed E-state index contributed by atoms with van der Waals surface area (Å²) in [6.45, 7) is 3.21. The first-order valence-electron chi connectivity index (χ1n) is 9.15. The monoisotopic (exact) mass is 450 g/mol. The van der Waals surface area contributed by atoms with Crippen LogP contribution in [-0.2, 0) is 6.54 Å². The van der Waals surface area contributed by atoms with Gasteiger partial charge in [0, 0.05) is 5.02 Å². The molecule has 0 radical (unpaired) electrons. The molecule has 0 aliphatic rings. The van der Waals surface area contributed by atoms with Gasteiger partial charge in [-0.3, -0.25) is 4.68 Å². The number of anilines is 2. The van der Waals surface area contributed by atoms with E-state index in [9.17, 15) is 8.78 Å². The van der Waals surface area contributed by atoms with E-state index in [1.165, 1.54) is 6.07 Å². The Bertz CT molecular complexity index is 1070. The van der Waals surface area contributed by atoms with Crippen LogP contribution in [0.4, 0.5) is 20.2 Å². The molecule has 0 saturated heterocycles. The molecule has 0 fully saturated rings. The zero-order chi connectivity index (χ0) is 21.8. The summed E-state index contributed by atoms with van der Waals surface area (Å²) in [6.07, 6.45) is 0. The minimum atomic E-state index is -2.93. The van der Waals surface area contributed by atoms with Gasteiger partial charge in [-0.15, -0.1) is 0 Å². The van der Waals surface area contributed by atoms with Crippen molar-refractivity contribution in [1.82, 2.24) is 9.78 Å². The third-order valence-corrected chi connectivity index (χ3v) is 4.88. The van der Waals surface area contributed by atoms with Crippen LogP contribution in [0.15, 0.2) is 42.5 Å². The molecular weight excluding hydrogens is 430 g/mol. The highest BCUT2D eigenvalue weighted by Gasteiger charge is 2.15. The number of aryl methyl sites for hydroxylation is 2. The van der Waals surface area contributed by atoms with Crippen LogP contribution in [-0.4, -0.2) is 21.5 Å². The van der Waals surface area contributed by atoms with Gasteiger partial charge in [-0.2, -0.15) is 13.9 Å². The number of benzene rings is 2. The first kappa shape index (κ1) is 22.0. The topological polar surface area (TPSA) is 51.1 Å². The Kier molecular flexibility index (Phi) is 6.89. The molecule has 0 aliphatic heterocycles. The number of rotatable bonds is 6. The van der Waals surface area contributed by atoms with Crippen molar-refractivity contribution in [3.8, 4) is 5.75 Å². The summed E-state index contributed by atoms with van der Waals surface area (Å²) in [5.74, 6) is 0.0271. The average Bonchev–Trinajstić information content (AvgIpc) is 2.91. The number of alkyl halides is 2. The van der Waals surface area contributed by atoms with Crippen LogP contribution in [0.1, 0.15) is 22.5 Å². The zero-order valence-corrected chi connectivity index (χ0v) is 18.2. The summed E-state index contributed by atoms with van der Waals surface area (Å²) in [5.41, 5.74) is 4.55. The van der Waals surface area contributed by atoms with Crippen molar-refractivity contribution in [3.05, 3.63) is 70.0 Å². The molecule has 3 aromatic rings. The summed E-state index contributed by atoms with van der Waals surface area (Å²) in [5, 5.41) is 11.5. The average molecular weight is 451 g/mol. The Morgan fingerprint density at radius 1 is 1.17 bits per heavy atom. The fraction of sp³-hybridized carbons (Fsp3) is 0.238. The lowest BCUT2D eigenvalue weighted by Gasteiger charge is -2.15. The number of hydrogen-bond acceptors (Lipinski definition) is 3. The van der Waals surface area contributed by atoms with E-state index in [4.69, 9.17) is 23.8 Å². The first-order chi connectivity index (χ1) is 14.2. The van der Waals surface area contributed by atoms with Gasteiger partial charge in [0.15, 0.2) is 5.11 Å². The van der Waals surface area contributed by atoms with Crippen LogP contribution in [0.25, 0.3) is 0 Å². The van der Waals surface area contributed by atoms with E-state index in [2.05, 4.69) is 20.5 Å². The van der Waals surface area contributed by atoms with Crippen LogP contribution in [0.2, 0.25) is 5.02 Å². The van der Waals surface area contributed by atoms with Crippen molar-refractivity contribution in [3.63, 3.8) is 0 Å². The highest BCUT2D eigenvalue weighted by molar-refractivity contribution is 7.80. The normalized spacial score (nSPS) is 10.9. The number of aromatic nitrogens is 2. The maximum atomic E-state index is 12.7. The SMILES string of the molecule is Cc1ccc(NC(=S)Nc2c(C)nn(Cc3cccc(Cl)c3)c2C)c(OC(F)F)c1. The maximum Gasteiger partial charge on any atom is 0.387 e. The van der Waals surface area contributed by atoms with E-state index < -0.39 is 6.61 Å². The second-order valence-electron chi connectivity index (χ2n) is 6.79. The lowest BCUT2D eigenvalue weighted by molar-refractivity contribution is -0.0493. The summed E-state index contributed by atoms with van der Waals surface area (Å²) in [6, 6.07) is 12.5. The van der Waals surface area contributed by atoms with Crippen LogP contribution in [0, 0.1) is 20.8 Å². The van der Waals surface area contributed by atoms with Gasteiger partial charge in [0.2, 0.25) is 0 Å². The minimum Gasteiger partial charge on any atom is -0.433 e. The second kappa shape index (κ2) is 9.40. The maximum absolute atomic E-state index is 12.7. The van der Waals surface area contributed by atoms with Gasteiger partial charge in [-0.05, 0) is 68.4 Å². The van der Waals surface area contributed by atoms with E-state index in [-0.39, 0.29) is 10.9 Å². The molecule has 5 nitrogen and oxygen atoms in total. The van der Waals surface area contributed by atoms with E-state index in [0.717, 1.165) is 28.2 Å². The fourth-order valence-electron chi connectivity index (χ4n) is 3.03. The molecule has 0 atom stereocenters. The minimum absolute atomic E-state index is 0.0271. The fourth-order valence-corrected chi connectivity index (χ4v) is 3.46. The summed E-state index contributed by atoms with van der Waals surface area (Å²) in [7, 11) is 0. The smallest absolute Gasteiger partial charge is 0.387 e. The second-order valence-corrected chi connectivity index (χ2v) is 7.64. The number of hydrogen-bond donors (Lipinski definition) is 2. The molecule has 2 aromatic carbocycles. The molecule has 0 saturated carbocycles. The van der Waals surface area contributed by atoms with Crippen molar-refractivity contribution in [2.24, 2.45) is 0 Å². The van der Waals surface area contributed by atoms with Crippen molar-refractivity contribution in [2.75, 3.05) is 10.6 Å². The van der Waals surface area contributed by atoms with Gasteiger partial charge in [0.1, 0.15) is 5.75 Å². The van der Waals surface area contributed by atoms with Gasteiger partial charge in [-0.1, -0.05) is 29.8 Å². The van der Waals surface area contributed by atoms with E-state index in [1.54, 1.807) is 19.1 Å². The Balaban J connectivity index is 1.75. The van der Waals surface area contributed by atoms with Gasteiger partial charge < -0.3 is 15.4 Å². The van der Waals surface area contributed by atoms with Crippen LogP contribution in [0.3, 0.4) is 0 Å². The number of nitrogens with one attached hydrogen (secondary N) is 2. The molecule has 3 rings (SSSR count). The molecular formula is C21H21ClF2N4OS. The quantitative estimate of drug-likeness (QED) is 0.456. The third-order valence-electron chi connectivity index (χ3n) is 4.44. The van der Waals surface area contributed by atoms with Gasteiger partial charge in [0.25, 0.3) is 0 Å². The molecule has 1 aromatic heterocycles. The number of nitrogens with zero attached hydrogens (tertiary/aromatic N) is 2. The lowest BCUT2D eigenvalue weighted by Crippen LogP contribution is -2.21. The van der Waals surface area contributed by atoms with Gasteiger partial charge in [-0.25, -0.2) is 0 Å². The van der Waals surface area contributed by atoms with Gasteiger partial charge >= 0.3 is 6.61 Å². The largest absolute Gasteiger partial charge is 0.433 e. The van der Waals surface area contributed by atoms with E-state index in [0.29, 0.717) is 17.3 Å². The molecule has 1 heterocycles. The molecule has 0 unspecified atom stereocenters. The Labute approximate surface area is 184 Å².